The van der Waals surface area contributed by atoms with Gasteiger partial charge in [0, 0.05) is 12.5 Å². The molecule has 0 bridgehead atoms. The molecule has 1 aliphatic carbocycles. The third kappa shape index (κ3) is 4.98. The molecule has 2 rings (SSSR count). The van der Waals surface area contributed by atoms with Crippen molar-refractivity contribution in [1.82, 2.24) is 10.6 Å². The van der Waals surface area contributed by atoms with E-state index < -0.39 is 0 Å². The summed E-state index contributed by atoms with van der Waals surface area (Å²) in [4.78, 5) is 12.2. The van der Waals surface area contributed by atoms with E-state index in [1.807, 2.05) is 0 Å². The molecule has 0 radical (unpaired) electrons. The average molecular weight is 294 g/mol. The molecule has 122 valence electrons. The molecule has 1 saturated carbocycles. The van der Waals surface area contributed by atoms with Gasteiger partial charge in [-0.3, -0.25) is 4.79 Å². The summed E-state index contributed by atoms with van der Waals surface area (Å²) in [5, 5.41) is 6.68. The highest BCUT2D eigenvalue weighted by molar-refractivity contribution is 5.76. The van der Waals surface area contributed by atoms with E-state index in [1.54, 1.807) is 0 Å². The van der Waals surface area contributed by atoms with E-state index in [1.165, 1.54) is 44.9 Å². The zero-order valence-electron chi connectivity index (χ0n) is 14.2. The predicted molar refractivity (Wildman–Crippen MR) is 88.2 cm³/mol. The summed E-state index contributed by atoms with van der Waals surface area (Å²) in [6.45, 7) is 9.23. The van der Waals surface area contributed by atoms with Crippen LogP contribution in [0.2, 0.25) is 0 Å². The summed E-state index contributed by atoms with van der Waals surface area (Å²) < 4.78 is 0. The lowest BCUT2D eigenvalue weighted by Crippen LogP contribution is -2.41. The van der Waals surface area contributed by atoms with Gasteiger partial charge < -0.3 is 10.6 Å². The standard InChI is InChI=1S/C18H34N2O/c1-4-18(2,3)15-7-9-16(10-8-15)20-17(21)12-14-6-5-11-19-13-14/h14-16,19H,4-13H2,1-3H3,(H,20,21). The first-order valence-corrected chi connectivity index (χ1v) is 9.01. The fourth-order valence-corrected chi connectivity index (χ4v) is 3.95. The number of hydrogen-bond acceptors (Lipinski definition) is 2. The second-order valence-corrected chi connectivity index (χ2v) is 7.87. The fraction of sp³-hybridized carbons (Fsp3) is 0.944. The highest BCUT2D eigenvalue weighted by Crippen LogP contribution is 2.40. The average Bonchev–Trinajstić information content (AvgIpc) is 2.48. The van der Waals surface area contributed by atoms with Crippen LogP contribution < -0.4 is 10.6 Å². The number of piperidine rings is 1. The minimum Gasteiger partial charge on any atom is -0.353 e. The van der Waals surface area contributed by atoms with E-state index in [0.717, 1.165) is 19.0 Å². The topological polar surface area (TPSA) is 41.1 Å². The van der Waals surface area contributed by atoms with E-state index in [9.17, 15) is 4.79 Å². The fourth-order valence-electron chi connectivity index (χ4n) is 3.95. The molecule has 0 aromatic heterocycles. The molecule has 21 heavy (non-hydrogen) atoms. The Bertz CT molecular complexity index is 326. The van der Waals surface area contributed by atoms with Gasteiger partial charge in [0.2, 0.25) is 5.91 Å². The second kappa shape index (κ2) is 7.62. The largest absolute Gasteiger partial charge is 0.353 e. The second-order valence-electron chi connectivity index (χ2n) is 7.87. The number of carbonyl (C=O) groups excluding carboxylic acids is 1. The summed E-state index contributed by atoms with van der Waals surface area (Å²) in [5.41, 5.74) is 0.461. The minimum absolute atomic E-state index is 0.280. The lowest BCUT2D eigenvalue weighted by molar-refractivity contribution is -0.123. The van der Waals surface area contributed by atoms with Crippen molar-refractivity contribution in [2.45, 2.75) is 78.2 Å². The smallest absolute Gasteiger partial charge is 0.220 e. The van der Waals surface area contributed by atoms with Crippen LogP contribution in [0.15, 0.2) is 0 Å². The van der Waals surface area contributed by atoms with Gasteiger partial charge in [0.1, 0.15) is 0 Å². The maximum absolute atomic E-state index is 12.2. The molecule has 1 heterocycles. The summed E-state index contributed by atoms with van der Waals surface area (Å²) in [5.74, 6) is 1.66. The van der Waals surface area contributed by atoms with Crippen molar-refractivity contribution in [2.75, 3.05) is 13.1 Å². The molecule has 3 nitrogen and oxygen atoms in total. The van der Waals surface area contributed by atoms with Gasteiger partial charge in [-0.2, -0.15) is 0 Å². The Balaban J connectivity index is 1.69. The Kier molecular flexibility index (Phi) is 6.09. The third-order valence-corrected chi connectivity index (χ3v) is 5.98. The summed E-state index contributed by atoms with van der Waals surface area (Å²) in [7, 11) is 0. The van der Waals surface area contributed by atoms with E-state index in [2.05, 4.69) is 31.4 Å². The van der Waals surface area contributed by atoms with Crippen LogP contribution in [0.3, 0.4) is 0 Å². The monoisotopic (exact) mass is 294 g/mol. The lowest BCUT2D eigenvalue weighted by atomic mass is 9.69. The molecule has 1 amide bonds. The van der Waals surface area contributed by atoms with Gasteiger partial charge in [0.25, 0.3) is 0 Å². The van der Waals surface area contributed by atoms with Crippen LogP contribution in [0, 0.1) is 17.3 Å². The lowest BCUT2D eigenvalue weighted by Gasteiger charge is -2.39. The van der Waals surface area contributed by atoms with E-state index in [-0.39, 0.29) is 5.91 Å². The Morgan fingerprint density at radius 2 is 1.90 bits per heavy atom. The molecule has 2 N–H and O–H groups in total. The quantitative estimate of drug-likeness (QED) is 0.815. The zero-order valence-corrected chi connectivity index (χ0v) is 14.2. The van der Waals surface area contributed by atoms with Crippen molar-refractivity contribution < 1.29 is 4.79 Å². The maximum atomic E-state index is 12.2. The van der Waals surface area contributed by atoms with Gasteiger partial charge in [-0.15, -0.1) is 0 Å². The molecule has 1 atom stereocenters. The van der Waals surface area contributed by atoms with Gasteiger partial charge >= 0.3 is 0 Å². The molecule has 0 spiro atoms. The first-order valence-electron chi connectivity index (χ1n) is 9.01. The molecule has 0 aromatic carbocycles. The Labute approximate surface area is 130 Å². The predicted octanol–water partition coefficient (Wildman–Crippen LogP) is 3.49. The summed E-state index contributed by atoms with van der Waals surface area (Å²) >= 11 is 0. The third-order valence-electron chi connectivity index (χ3n) is 5.98. The van der Waals surface area contributed by atoms with Crippen LogP contribution in [0.4, 0.5) is 0 Å². The molecule has 0 aromatic rings. The highest BCUT2D eigenvalue weighted by atomic mass is 16.1. The van der Waals surface area contributed by atoms with Gasteiger partial charge in [0.15, 0.2) is 0 Å². The number of nitrogens with one attached hydrogen (secondary N) is 2. The van der Waals surface area contributed by atoms with E-state index in [4.69, 9.17) is 0 Å². The van der Waals surface area contributed by atoms with Crippen molar-refractivity contribution in [2.24, 2.45) is 17.3 Å². The van der Waals surface area contributed by atoms with Gasteiger partial charge in [-0.05, 0) is 68.9 Å². The van der Waals surface area contributed by atoms with Crippen LogP contribution in [-0.4, -0.2) is 25.0 Å². The van der Waals surface area contributed by atoms with Crippen molar-refractivity contribution in [3.05, 3.63) is 0 Å². The van der Waals surface area contributed by atoms with Crippen LogP contribution in [0.1, 0.15) is 72.1 Å². The molecular weight excluding hydrogens is 260 g/mol. The number of hydrogen-bond donors (Lipinski definition) is 2. The first kappa shape index (κ1) is 16.8. The van der Waals surface area contributed by atoms with Crippen LogP contribution >= 0.6 is 0 Å². The number of rotatable bonds is 5. The summed E-state index contributed by atoms with van der Waals surface area (Å²) in [6.07, 6.45) is 9.28. The van der Waals surface area contributed by atoms with Crippen LogP contribution in [0.5, 0.6) is 0 Å². The highest BCUT2D eigenvalue weighted by Gasteiger charge is 2.32. The normalized spacial score (nSPS) is 30.9. The van der Waals surface area contributed by atoms with Gasteiger partial charge in [-0.25, -0.2) is 0 Å². The SMILES string of the molecule is CCC(C)(C)C1CCC(NC(=O)CC2CCCNC2)CC1. The molecule has 3 heteroatoms. The van der Waals surface area contributed by atoms with Crippen molar-refractivity contribution >= 4 is 5.91 Å². The Hall–Kier alpha value is -0.570. The molecular formula is C18H34N2O. The summed E-state index contributed by atoms with van der Waals surface area (Å²) in [6, 6.07) is 0.429. The Morgan fingerprint density at radius 1 is 1.19 bits per heavy atom. The number of carbonyl (C=O) groups is 1. The van der Waals surface area contributed by atoms with E-state index in [0.29, 0.717) is 23.8 Å². The zero-order chi connectivity index (χ0) is 15.3. The molecule has 2 fully saturated rings. The Morgan fingerprint density at radius 3 is 2.48 bits per heavy atom. The van der Waals surface area contributed by atoms with Crippen LogP contribution in [0.25, 0.3) is 0 Å². The van der Waals surface area contributed by atoms with Crippen LogP contribution in [-0.2, 0) is 4.79 Å². The number of amides is 1. The molecule has 1 saturated heterocycles. The molecule has 1 unspecified atom stereocenters. The first-order chi connectivity index (χ1) is 10.0. The van der Waals surface area contributed by atoms with Crippen molar-refractivity contribution in [1.29, 1.82) is 0 Å². The maximum Gasteiger partial charge on any atom is 0.220 e. The minimum atomic E-state index is 0.280. The molecule has 2 aliphatic rings. The van der Waals surface area contributed by atoms with Crippen molar-refractivity contribution in [3.8, 4) is 0 Å². The van der Waals surface area contributed by atoms with E-state index >= 15 is 0 Å². The van der Waals surface area contributed by atoms with Gasteiger partial charge in [-0.1, -0.05) is 27.2 Å². The van der Waals surface area contributed by atoms with Gasteiger partial charge in [0.05, 0.1) is 0 Å². The van der Waals surface area contributed by atoms with Crippen molar-refractivity contribution in [3.63, 3.8) is 0 Å². The molecule has 1 aliphatic heterocycles.